The number of carbonyl (C=O) groups is 1. The van der Waals surface area contributed by atoms with Crippen molar-refractivity contribution in [3.8, 4) is 5.75 Å². The molecule has 2 aromatic carbocycles. The number of primary amides is 1. The van der Waals surface area contributed by atoms with Crippen molar-refractivity contribution in [1.82, 2.24) is 0 Å². The van der Waals surface area contributed by atoms with Crippen LogP contribution in [-0.2, 0) is 14.8 Å². The van der Waals surface area contributed by atoms with Crippen LogP contribution in [-0.4, -0.2) is 28.0 Å². The van der Waals surface area contributed by atoms with Crippen molar-refractivity contribution in [2.45, 2.75) is 4.90 Å². The highest BCUT2D eigenvalue weighted by atomic mass is 35.5. The van der Waals surface area contributed by atoms with Gasteiger partial charge in [0.05, 0.1) is 22.7 Å². The number of rotatable bonds is 6. The highest BCUT2D eigenvalue weighted by Gasteiger charge is 2.26. The summed E-state index contributed by atoms with van der Waals surface area (Å²) >= 11 is 6.04. The zero-order valence-corrected chi connectivity index (χ0v) is 13.8. The molecule has 122 valence electrons. The molecule has 0 unspecified atom stereocenters. The maximum absolute atomic E-state index is 12.8. The second-order valence-corrected chi connectivity index (χ2v) is 6.88. The van der Waals surface area contributed by atoms with E-state index in [0.29, 0.717) is 5.75 Å². The van der Waals surface area contributed by atoms with E-state index in [1.165, 1.54) is 37.4 Å². The normalized spacial score (nSPS) is 11.0. The number of hydrogen-bond donors (Lipinski definition) is 1. The lowest BCUT2D eigenvalue weighted by molar-refractivity contribution is -0.116. The number of methoxy groups -OCH3 is 1. The summed E-state index contributed by atoms with van der Waals surface area (Å²) in [6.45, 7) is -0.500. The van der Waals surface area contributed by atoms with Crippen LogP contribution in [0.1, 0.15) is 0 Å². The SMILES string of the molecule is COc1ccc(N(CC(N)=O)S(=O)(=O)c2ccccc2)cc1Cl. The topological polar surface area (TPSA) is 89.7 Å². The van der Waals surface area contributed by atoms with Gasteiger partial charge in [-0.05, 0) is 30.3 Å². The molecule has 0 aliphatic rings. The summed E-state index contributed by atoms with van der Waals surface area (Å²) in [6, 6.07) is 12.2. The van der Waals surface area contributed by atoms with Crippen LogP contribution >= 0.6 is 11.6 Å². The lowest BCUT2D eigenvalue weighted by Gasteiger charge is -2.23. The number of anilines is 1. The van der Waals surface area contributed by atoms with Crippen LogP contribution < -0.4 is 14.8 Å². The first kappa shape index (κ1) is 17.1. The Balaban J connectivity index is 2.54. The first-order chi connectivity index (χ1) is 10.9. The molecule has 0 aliphatic carbocycles. The van der Waals surface area contributed by atoms with E-state index in [2.05, 4.69) is 0 Å². The number of amides is 1. The van der Waals surface area contributed by atoms with Crippen molar-refractivity contribution in [1.29, 1.82) is 0 Å². The van der Waals surface area contributed by atoms with Gasteiger partial charge in [-0.25, -0.2) is 8.42 Å². The molecule has 23 heavy (non-hydrogen) atoms. The second kappa shape index (κ2) is 6.89. The fraction of sp³-hybridized carbons (Fsp3) is 0.133. The van der Waals surface area contributed by atoms with Crippen molar-refractivity contribution in [2.75, 3.05) is 18.0 Å². The molecule has 8 heteroatoms. The zero-order chi connectivity index (χ0) is 17.0. The van der Waals surface area contributed by atoms with Gasteiger partial charge < -0.3 is 10.5 Å². The van der Waals surface area contributed by atoms with E-state index in [4.69, 9.17) is 22.1 Å². The third-order valence-electron chi connectivity index (χ3n) is 3.05. The van der Waals surface area contributed by atoms with Gasteiger partial charge in [0.1, 0.15) is 12.3 Å². The molecule has 2 N–H and O–H groups in total. The highest BCUT2D eigenvalue weighted by Crippen LogP contribution is 2.31. The molecule has 0 atom stereocenters. The average Bonchev–Trinajstić information content (AvgIpc) is 2.53. The zero-order valence-electron chi connectivity index (χ0n) is 12.3. The van der Waals surface area contributed by atoms with Gasteiger partial charge in [0, 0.05) is 0 Å². The molecule has 0 aromatic heterocycles. The Morgan fingerprint density at radius 3 is 2.39 bits per heavy atom. The third-order valence-corrected chi connectivity index (χ3v) is 5.14. The molecule has 0 heterocycles. The predicted octanol–water partition coefficient (Wildman–Crippen LogP) is 2.03. The van der Waals surface area contributed by atoms with Crippen LogP contribution in [0, 0.1) is 0 Å². The van der Waals surface area contributed by atoms with Crippen LogP contribution in [0.4, 0.5) is 5.69 Å². The minimum Gasteiger partial charge on any atom is -0.495 e. The van der Waals surface area contributed by atoms with Gasteiger partial charge in [-0.3, -0.25) is 9.10 Å². The Morgan fingerprint density at radius 2 is 1.87 bits per heavy atom. The minimum absolute atomic E-state index is 0.0493. The van der Waals surface area contributed by atoms with Crippen LogP contribution in [0.5, 0.6) is 5.75 Å². The number of nitrogens with zero attached hydrogens (tertiary/aromatic N) is 1. The Kier molecular flexibility index (Phi) is 5.12. The van der Waals surface area contributed by atoms with Gasteiger partial charge in [0.15, 0.2) is 0 Å². The molecular weight excluding hydrogens is 340 g/mol. The molecule has 0 radical (unpaired) electrons. The van der Waals surface area contributed by atoms with Gasteiger partial charge in [-0.1, -0.05) is 29.8 Å². The Bertz CT molecular complexity index is 809. The number of halogens is 1. The van der Waals surface area contributed by atoms with E-state index in [1.807, 2.05) is 0 Å². The van der Waals surface area contributed by atoms with Gasteiger partial charge in [-0.2, -0.15) is 0 Å². The van der Waals surface area contributed by atoms with E-state index in [9.17, 15) is 13.2 Å². The standard InChI is InChI=1S/C15H15ClN2O4S/c1-22-14-8-7-11(9-13(14)16)18(10-15(17)19)23(20,21)12-5-3-2-4-6-12/h2-9H,10H2,1H3,(H2,17,19). The molecule has 0 saturated heterocycles. The first-order valence-corrected chi connectivity index (χ1v) is 8.37. The third kappa shape index (κ3) is 3.75. The van der Waals surface area contributed by atoms with E-state index in [0.717, 1.165) is 4.31 Å². The maximum atomic E-state index is 12.8. The number of carbonyl (C=O) groups excluding carboxylic acids is 1. The van der Waals surface area contributed by atoms with E-state index in [1.54, 1.807) is 18.2 Å². The number of benzene rings is 2. The summed E-state index contributed by atoms with van der Waals surface area (Å²) in [4.78, 5) is 11.4. The van der Waals surface area contributed by atoms with Gasteiger partial charge in [0.2, 0.25) is 5.91 Å². The molecular formula is C15H15ClN2O4S. The molecule has 0 bridgehead atoms. The van der Waals surface area contributed by atoms with Gasteiger partial charge >= 0.3 is 0 Å². The lowest BCUT2D eigenvalue weighted by atomic mass is 10.3. The summed E-state index contributed by atoms with van der Waals surface area (Å²) in [5, 5.41) is 0.225. The molecule has 0 spiro atoms. The van der Waals surface area contributed by atoms with Crippen LogP contribution in [0.15, 0.2) is 53.4 Å². The second-order valence-electron chi connectivity index (χ2n) is 4.61. The summed E-state index contributed by atoms with van der Waals surface area (Å²) in [5.41, 5.74) is 5.42. The quantitative estimate of drug-likeness (QED) is 0.859. The van der Waals surface area contributed by atoms with Crippen molar-refractivity contribution in [2.24, 2.45) is 5.73 Å². The summed E-state index contributed by atoms with van der Waals surface area (Å²) < 4.78 is 31.5. The Hall–Kier alpha value is -2.25. The van der Waals surface area contributed by atoms with Gasteiger partial charge in [-0.15, -0.1) is 0 Å². The summed E-state index contributed by atoms with van der Waals surface area (Å²) in [5.74, 6) is -0.386. The highest BCUT2D eigenvalue weighted by molar-refractivity contribution is 7.92. The van der Waals surface area contributed by atoms with Crippen molar-refractivity contribution >= 4 is 33.2 Å². The summed E-state index contributed by atoms with van der Waals surface area (Å²) in [6.07, 6.45) is 0. The monoisotopic (exact) mass is 354 g/mol. The molecule has 2 aromatic rings. The predicted molar refractivity (Wildman–Crippen MR) is 88.2 cm³/mol. The van der Waals surface area contributed by atoms with Crippen molar-refractivity contribution in [3.05, 3.63) is 53.6 Å². The largest absolute Gasteiger partial charge is 0.495 e. The smallest absolute Gasteiger partial charge is 0.264 e. The molecule has 2 rings (SSSR count). The van der Waals surface area contributed by atoms with Crippen LogP contribution in [0.25, 0.3) is 0 Å². The number of ether oxygens (including phenoxy) is 1. The number of hydrogen-bond acceptors (Lipinski definition) is 4. The number of sulfonamides is 1. The molecule has 0 fully saturated rings. The Labute approximate surface area is 139 Å². The fourth-order valence-corrected chi connectivity index (χ4v) is 3.68. The van der Waals surface area contributed by atoms with E-state index < -0.39 is 22.5 Å². The molecule has 1 amide bonds. The minimum atomic E-state index is -3.95. The number of nitrogens with two attached hydrogens (primary N) is 1. The molecule has 6 nitrogen and oxygen atoms in total. The first-order valence-electron chi connectivity index (χ1n) is 6.56. The Morgan fingerprint density at radius 1 is 1.22 bits per heavy atom. The average molecular weight is 355 g/mol. The van der Waals surface area contributed by atoms with E-state index >= 15 is 0 Å². The maximum Gasteiger partial charge on any atom is 0.264 e. The molecule has 0 aliphatic heterocycles. The van der Waals surface area contributed by atoms with Gasteiger partial charge in [0.25, 0.3) is 10.0 Å². The fourth-order valence-electron chi connectivity index (χ4n) is 1.99. The van der Waals surface area contributed by atoms with E-state index in [-0.39, 0.29) is 15.6 Å². The van der Waals surface area contributed by atoms with Crippen molar-refractivity contribution in [3.63, 3.8) is 0 Å². The van der Waals surface area contributed by atoms with Crippen molar-refractivity contribution < 1.29 is 17.9 Å². The van der Waals surface area contributed by atoms with Crippen LogP contribution in [0.2, 0.25) is 5.02 Å². The molecule has 0 saturated carbocycles. The lowest BCUT2D eigenvalue weighted by Crippen LogP contribution is -2.38. The van der Waals surface area contributed by atoms with Crippen LogP contribution in [0.3, 0.4) is 0 Å². The summed E-state index contributed by atoms with van der Waals surface area (Å²) in [7, 11) is -2.51.